The highest BCUT2D eigenvalue weighted by atomic mass is 32.1. The maximum absolute atomic E-state index is 13.0. The van der Waals surface area contributed by atoms with Gasteiger partial charge in [0.15, 0.2) is 0 Å². The fraction of sp³-hybridized carbons (Fsp3) is 0. The molecule has 0 N–H and O–H groups in total. The molecule has 0 radical (unpaired) electrons. The second-order valence-corrected chi connectivity index (χ2v) is 23.0. The van der Waals surface area contributed by atoms with E-state index in [4.69, 9.17) is 0 Å². The molecule has 0 bridgehead atoms. The third-order valence-electron chi connectivity index (χ3n) is 17.0. The molecule has 18 aromatic rings. The van der Waals surface area contributed by atoms with Gasteiger partial charge in [0.2, 0.25) is 0 Å². The maximum atomic E-state index is 13.0. The molecule has 18 rings (SSSR count). The van der Waals surface area contributed by atoms with E-state index >= 15 is 0 Å². The van der Waals surface area contributed by atoms with Gasteiger partial charge >= 0.3 is 0 Å². The highest BCUT2D eigenvalue weighted by molar-refractivity contribution is 7.27. The summed E-state index contributed by atoms with van der Waals surface area (Å²) in [6.07, 6.45) is 0. The SMILES string of the molecule is N#Cc1c(-n2c3ccccc3c3ccccc32)c(-n2c3ccccc3c3c4sc5ccccc5c4ccc32)c(-c2ccccc2)c(-n2c3ccccc3c3c4sc5ccccc5c4ccc32)c1-n1c2ccccc2c2ccccc21. The second-order valence-electron chi connectivity index (χ2n) is 20.9. The van der Waals surface area contributed by atoms with Crippen LogP contribution in [-0.4, -0.2) is 18.3 Å². The molecule has 6 heterocycles. The van der Waals surface area contributed by atoms with E-state index in [0.717, 1.165) is 110 Å². The molecule has 5 nitrogen and oxygen atoms in total. The van der Waals surface area contributed by atoms with Crippen molar-refractivity contribution in [2.24, 2.45) is 0 Å². The fourth-order valence-corrected chi connectivity index (χ4v) is 16.3. The van der Waals surface area contributed by atoms with Crippen LogP contribution in [0.2, 0.25) is 0 Å². The van der Waals surface area contributed by atoms with Gasteiger partial charge in [-0.3, -0.25) is 0 Å². The lowest BCUT2D eigenvalue weighted by Gasteiger charge is -2.29. The van der Waals surface area contributed by atoms with E-state index in [0.29, 0.717) is 5.56 Å². The first-order valence-corrected chi connectivity index (χ1v) is 28.7. The van der Waals surface area contributed by atoms with E-state index < -0.39 is 0 Å². The van der Waals surface area contributed by atoms with Crippen molar-refractivity contribution >= 4 is 150 Å². The van der Waals surface area contributed by atoms with Gasteiger partial charge in [-0.1, -0.05) is 188 Å². The second kappa shape index (κ2) is 16.4. The smallest absolute Gasteiger partial charge is 0.104 e. The van der Waals surface area contributed by atoms with E-state index in [9.17, 15) is 5.26 Å². The van der Waals surface area contributed by atoms with Crippen LogP contribution < -0.4 is 0 Å². The number of para-hydroxylation sites is 6. The van der Waals surface area contributed by atoms with Crippen molar-refractivity contribution in [3.05, 3.63) is 254 Å². The number of thiophene rings is 2. The Morgan fingerprint density at radius 2 is 0.575 bits per heavy atom. The number of aromatic nitrogens is 4. The lowest BCUT2D eigenvalue weighted by molar-refractivity contribution is 1.04. The summed E-state index contributed by atoms with van der Waals surface area (Å²) >= 11 is 3.72. The van der Waals surface area contributed by atoms with Crippen LogP contribution in [0.25, 0.3) is 161 Å². The lowest BCUT2D eigenvalue weighted by Crippen LogP contribution is -2.16. The number of nitriles is 1. The first-order chi connectivity index (χ1) is 39.7. The van der Waals surface area contributed by atoms with E-state index in [1.165, 1.54) is 51.1 Å². The Morgan fingerprint density at radius 1 is 0.263 bits per heavy atom. The van der Waals surface area contributed by atoms with Gasteiger partial charge in [-0.25, -0.2) is 0 Å². The van der Waals surface area contributed by atoms with Gasteiger partial charge in [-0.05, 0) is 66.2 Å². The minimum absolute atomic E-state index is 0.551. The summed E-state index contributed by atoms with van der Waals surface area (Å²) in [6, 6.07) is 93.8. The molecule has 12 aromatic carbocycles. The molecule has 370 valence electrons. The topological polar surface area (TPSA) is 43.5 Å². The molecule has 7 heteroatoms. The van der Waals surface area contributed by atoms with Crippen LogP contribution >= 0.6 is 22.7 Å². The average Bonchev–Trinajstić information content (AvgIpc) is 4.51. The van der Waals surface area contributed by atoms with E-state index in [1.807, 2.05) is 22.7 Å². The predicted octanol–water partition coefficient (Wildman–Crippen LogP) is 20.3. The standard InChI is InChI=1S/C73H41N5S2/c74-42-54-68(75-55-30-12-4-22-44(55)45-23-5-13-31-56(45)75)70(77-59-34-16-8-28-52(59)66-61(77)40-38-50-48-26-10-18-36-63(48)79-72(50)66)65(43-20-2-1-3-21-43)71(69(54)76-57-32-14-6-24-46(57)47-25-7-15-33-58(47)76)78-60-35-17-9-29-53(60)67-62(78)41-39-51-49-27-11-19-37-64(49)80-73(51)67/h1-41H. The number of benzene rings is 12. The van der Waals surface area contributed by atoms with Crippen LogP contribution in [0, 0.1) is 11.3 Å². The van der Waals surface area contributed by atoms with Crippen LogP contribution in [0.4, 0.5) is 0 Å². The number of fused-ring (bicyclic) bond motifs is 20. The summed E-state index contributed by atoms with van der Waals surface area (Å²) in [4.78, 5) is 0. The highest BCUT2D eigenvalue weighted by Gasteiger charge is 2.35. The molecule has 0 saturated heterocycles. The van der Waals surface area contributed by atoms with E-state index in [-0.39, 0.29) is 0 Å². The molecule has 0 aliphatic carbocycles. The maximum Gasteiger partial charge on any atom is 0.104 e. The molecule has 0 aliphatic rings. The zero-order valence-corrected chi connectivity index (χ0v) is 44.4. The summed E-state index contributed by atoms with van der Waals surface area (Å²) in [5.74, 6) is 0. The molecule has 0 saturated carbocycles. The van der Waals surface area contributed by atoms with Crippen molar-refractivity contribution in [3.63, 3.8) is 0 Å². The molecule has 0 fully saturated rings. The summed E-state index contributed by atoms with van der Waals surface area (Å²) in [5, 5.41) is 27.2. The summed E-state index contributed by atoms with van der Waals surface area (Å²) in [6.45, 7) is 0. The Hall–Kier alpha value is -10.2. The Balaban J connectivity index is 1.17. The molecule has 80 heavy (non-hydrogen) atoms. The third-order valence-corrected chi connectivity index (χ3v) is 19.4. The van der Waals surface area contributed by atoms with Crippen molar-refractivity contribution in [2.75, 3.05) is 0 Å². The zero-order valence-electron chi connectivity index (χ0n) is 42.7. The van der Waals surface area contributed by atoms with Crippen LogP contribution in [-0.2, 0) is 0 Å². The Morgan fingerprint density at radius 3 is 0.963 bits per heavy atom. The molecular formula is C73H41N5S2. The third kappa shape index (κ3) is 5.72. The monoisotopic (exact) mass is 1050 g/mol. The number of rotatable bonds is 5. The number of hydrogen-bond acceptors (Lipinski definition) is 3. The van der Waals surface area contributed by atoms with Crippen LogP contribution in [0.1, 0.15) is 5.56 Å². The van der Waals surface area contributed by atoms with Crippen molar-refractivity contribution in [1.82, 2.24) is 18.3 Å². The summed E-state index contributed by atoms with van der Waals surface area (Å²) in [5.41, 5.74) is 14.3. The van der Waals surface area contributed by atoms with Crippen LogP contribution in [0.5, 0.6) is 0 Å². The highest BCUT2D eigenvalue weighted by Crippen LogP contribution is 2.54. The van der Waals surface area contributed by atoms with Crippen molar-refractivity contribution in [3.8, 4) is 39.9 Å². The normalized spacial score (nSPS) is 12.2. The molecular weight excluding hydrogens is 1010 g/mol. The molecule has 0 amide bonds. The summed E-state index contributed by atoms with van der Waals surface area (Å²) < 4.78 is 14.9. The van der Waals surface area contributed by atoms with E-state index in [2.05, 4.69) is 273 Å². The van der Waals surface area contributed by atoms with Gasteiger partial charge < -0.3 is 18.3 Å². The van der Waals surface area contributed by atoms with Gasteiger partial charge in [0.25, 0.3) is 0 Å². The Bertz CT molecular complexity index is 5320. The van der Waals surface area contributed by atoms with Crippen molar-refractivity contribution < 1.29 is 0 Å². The largest absolute Gasteiger partial charge is 0.306 e. The quantitative estimate of drug-likeness (QED) is 0.169. The van der Waals surface area contributed by atoms with Crippen LogP contribution in [0.3, 0.4) is 0 Å². The molecule has 0 atom stereocenters. The zero-order chi connectivity index (χ0) is 52.3. The first-order valence-electron chi connectivity index (χ1n) is 27.1. The van der Waals surface area contributed by atoms with Crippen molar-refractivity contribution in [1.29, 1.82) is 5.26 Å². The minimum Gasteiger partial charge on any atom is -0.306 e. The van der Waals surface area contributed by atoms with Gasteiger partial charge in [-0.15, -0.1) is 22.7 Å². The van der Waals surface area contributed by atoms with Crippen molar-refractivity contribution in [2.45, 2.75) is 0 Å². The molecule has 0 aliphatic heterocycles. The predicted molar refractivity (Wildman–Crippen MR) is 340 cm³/mol. The Labute approximate surface area is 465 Å². The lowest BCUT2D eigenvalue weighted by atomic mass is 9.93. The Kier molecular flexibility index (Phi) is 8.99. The van der Waals surface area contributed by atoms with Crippen LogP contribution in [0.15, 0.2) is 249 Å². The van der Waals surface area contributed by atoms with Gasteiger partial charge in [-0.2, -0.15) is 5.26 Å². The average molecular weight is 1050 g/mol. The molecule has 0 spiro atoms. The number of nitrogens with zero attached hydrogens (tertiary/aromatic N) is 5. The van der Waals surface area contributed by atoms with E-state index in [1.54, 1.807) is 0 Å². The molecule has 6 aromatic heterocycles. The summed E-state index contributed by atoms with van der Waals surface area (Å²) in [7, 11) is 0. The number of hydrogen-bond donors (Lipinski definition) is 0. The molecule has 0 unspecified atom stereocenters. The fourth-order valence-electron chi connectivity index (χ4n) is 13.8. The first kappa shape index (κ1) is 43.8. The minimum atomic E-state index is 0.551. The van der Waals surface area contributed by atoms with Gasteiger partial charge in [0.05, 0.1) is 66.9 Å². The van der Waals surface area contributed by atoms with Gasteiger partial charge in [0.1, 0.15) is 11.6 Å². The van der Waals surface area contributed by atoms with Gasteiger partial charge in [0, 0.05) is 89.0 Å².